The first-order valence-electron chi connectivity index (χ1n) is 7.31. The van der Waals surface area contributed by atoms with Crippen LogP contribution in [0.4, 0.5) is 0 Å². The molecule has 0 heterocycles. The molecule has 18 heavy (non-hydrogen) atoms. The fourth-order valence-corrected chi connectivity index (χ4v) is 2.13. The summed E-state index contributed by atoms with van der Waals surface area (Å²) in [6.45, 7) is 13.0. The first-order valence-corrected chi connectivity index (χ1v) is 7.31. The molecule has 0 saturated carbocycles. The van der Waals surface area contributed by atoms with Crippen molar-refractivity contribution in [3.63, 3.8) is 0 Å². The molecule has 0 aromatic rings. The van der Waals surface area contributed by atoms with E-state index >= 15 is 0 Å². The van der Waals surface area contributed by atoms with Crippen LogP contribution in [0.25, 0.3) is 0 Å². The minimum absolute atomic E-state index is 0.675. The van der Waals surface area contributed by atoms with Gasteiger partial charge in [0.25, 0.3) is 0 Å². The number of hydrogen-bond acceptors (Lipinski definition) is 4. The minimum atomic E-state index is 0.675. The molecule has 0 aliphatic heterocycles. The van der Waals surface area contributed by atoms with Crippen LogP contribution >= 0.6 is 0 Å². The summed E-state index contributed by atoms with van der Waals surface area (Å²) in [6.07, 6.45) is 2.42. The first kappa shape index (κ1) is 17.8. The molecular weight excluding hydrogens is 228 g/mol. The third-order valence-corrected chi connectivity index (χ3v) is 3.24. The maximum Gasteiger partial charge on any atom is 0.0590 e. The highest BCUT2D eigenvalue weighted by atomic mass is 16.5. The molecule has 0 saturated heterocycles. The second-order valence-electron chi connectivity index (χ2n) is 4.45. The van der Waals surface area contributed by atoms with Gasteiger partial charge in [-0.25, -0.2) is 0 Å². The van der Waals surface area contributed by atoms with Crippen LogP contribution in [0.5, 0.6) is 0 Å². The average molecular weight is 260 g/mol. The van der Waals surface area contributed by atoms with Crippen LogP contribution in [0, 0.1) is 0 Å². The van der Waals surface area contributed by atoms with Crippen molar-refractivity contribution in [1.82, 2.24) is 10.2 Å². The predicted octanol–water partition coefficient (Wildman–Crippen LogP) is 1.75. The number of hydrogen-bond donors (Lipinski definition) is 1. The number of methoxy groups -OCH3 is 1. The van der Waals surface area contributed by atoms with E-state index in [0.29, 0.717) is 6.04 Å². The summed E-state index contributed by atoms with van der Waals surface area (Å²) in [7, 11) is 1.77. The summed E-state index contributed by atoms with van der Waals surface area (Å²) in [5.41, 5.74) is 0. The Hall–Kier alpha value is -0.160. The van der Waals surface area contributed by atoms with Crippen LogP contribution in [0.15, 0.2) is 0 Å². The molecule has 0 aliphatic carbocycles. The second kappa shape index (κ2) is 13.3. The fraction of sp³-hybridized carbons (Fsp3) is 1.00. The predicted molar refractivity (Wildman–Crippen MR) is 77.2 cm³/mol. The summed E-state index contributed by atoms with van der Waals surface area (Å²) >= 11 is 0. The average Bonchev–Trinajstić information content (AvgIpc) is 2.40. The van der Waals surface area contributed by atoms with E-state index in [0.717, 1.165) is 46.0 Å². The zero-order chi connectivity index (χ0) is 13.6. The molecule has 0 amide bonds. The van der Waals surface area contributed by atoms with Gasteiger partial charge >= 0.3 is 0 Å². The van der Waals surface area contributed by atoms with Gasteiger partial charge < -0.3 is 14.8 Å². The molecule has 0 aliphatic rings. The van der Waals surface area contributed by atoms with E-state index in [2.05, 4.69) is 24.1 Å². The van der Waals surface area contributed by atoms with Gasteiger partial charge in [0.05, 0.1) is 13.2 Å². The van der Waals surface area contributed by atoms with E-state index in [1.807, 2.05) is 6.92 Å². The van der Waals surface area contributed by atoms with E-state index in [4.69, 9.17) is 9.47 Å². The third-order valence-electron chi connectivity index (χ3n) is 3.24. The van der Waals surface area contributed by atoms with E-state index in [1.54, 1.807) is 7.11 Å². The molecule has 0 unspecified atom stereocenters. The smallest absolute Gasteiger partial charge is 0.0590 e. The molecule has 0 aromatic heterocycles. The first-order chi connectivity index (χ1) is 8.79. The lowest BCUT2D eigenvalue weighted by Crippen LogP contribution is -2.41. The van der Waals surface area contributed by atoms with Crippen molar-refractivity contribution < 1.29 is 9.47 Å². The second-order valence-corrected chi connectivity index (χ2v) is 4.45. The van der Waals surface area contributed by atoms with Gasteiger partial charge in [-0.15, -0.1) is 0 Å². The van der Waals surface area contributed by atoms with Gasteiger partial charge in [0.2, 0.25) is 0 Å². The van der Waals surface area contributed by atoms with Crippen molar-refractivity contribution >= 4 is 0 Å². The van der Waals surface area contributed by atoms with Crippen molar-refractivity contribution in [2.24, 2.45) is 0 Å². The Labute approximate surface area is 113 Å². The summed E-state index contributed by atoms with van der Waals surface area (Å²) in [6, 6.07) is 0.675. The van der Waals surface area contributed by atoms with E-state index in [-0.39, 0.29) is 0 Å². The Morgan fingerprint density at radius 1 is 1.00 bits per heavy atom. The van der Waals surface area contributed by atoms with E-state index < -0.39 is 0 Å². The Bertz CT molecular complexity index is 164. The molecule has 0 spiro atoms. The van der Waals surface area contributed by atoms with E-state index in [1.165, 1.54) is 12.8 Å². The fourth-order valence-electron chi connectivity index (χ4n) is 2.13. The van der Waals surface area contributed by atoms with Crippen LogP contribution in [0.1, 0.15) is 33.6 Å². The molecule has 0 atom stereocenters. The van der Waals surface area contributed by atoms with Gasteiger partial charge in [0.15, 0.2) is 0 Å². The van der Waals surface area contributed by atoms with Gasteiger partial charge in [0.1, 0.15) is 0 Å². The summed E-state index contributed by atoms with van der Waals surface area (Å²) in [4.78, 5) is 2.52. The van der Waals surface area contributed by atoms with Crippen molar-refractivity contribution in [2.45, 2.75) is 39.7 Å². The SMILES string of the molecule is CCOCCNCCN(CCOC)C(CC)CC. The number of nitrogens with zero attached hydrogens (tertiary/aromatic N) is 1. The van der Waals surface area contributed by atoms with Crippen LogP contribution in [0.2, 0.25) is 0 Å². The van der Waals surface area contributed by atoms with Crippen molar-refractivity contribution in [2.75, 3.05) is 53.1 Å². The zero-order valence-electron chi connectivity index (χ0n) is 12.7. The molecule has 4 nitrogen and oxygen atoms in total. The molecule has 110 valence electrons. The number of nitrogens with one attached hydrogen (secondary N) is 1. The topological polar surface area (TPSA) is 33.7 Å². The Morgan fingerprint density at radius 3 is 2.28 bits per heavy atom. The Kier molecular flexibility index (Phi) is 13.2. The van der Waals surface area contributed by atoms with Crippen molar-refractivity contribution in [3.8, 4) is 0 Å². The lowest BCUT2D eigenvalue weighted by Gasteiger charge is -2.30. The molecule has 0 rings (SSSR count). The molecule has 0 fully saturated rings. The molecule has 0 aromatic carbocycles. The minimum Gasteiger partial charge on any atom is -0.383 e. The standard InChI is InChI=1S/C14H32N2O2/c1-5-14(6-2)16(11-13-17-4)10-8-15-9-12-18-7-3/h14-15H,5-13H2,1-4H3. The summed E-state index contributed by atoms with van der Waals surface area (Å²) < 4.78 is 10.5. The number of rotatable bonds is 13. The third kappa shape index (κ3) is 8.86. The quantitative estimate of drug-likeness (QED) is 0.512. The van der Waals surface area contributed by atoms with Gasteiger partial charge in [-0.3, -0.25) is 4.90 Å². The van der Waals surface area contributed by atoms with Gasteiger partial charge in [-0.2, -0.15) is 0 Å². The van der Waals surface area contributed by atoms with Crippen LogP contribution in [0.3, 0.4) is 0 Å². The molecular formula is C14H32N2O2. The largest absolute Gasteiger partial charge is 0.383 e. The maximum absolute atomic E-state index is 5.30. The monoisotopic (exact) mass is 260 g/mol. The lowest BCUT2D eigenvalue weighted by atomic mass is 10.1. The molecule has 0 bridgehead atoms. The summed E-state index contributed by atoms with van der Waals surface area (Å²) in [5.74, 6) is 0. The Balaban J connectivity index is 3.78. The number of ether oxygens (including phenoxy) is 2. The van der Waals surface area contributed by atoms with Crippen molar-refractivity contribution in [1.29, 1.82) is 0 Å². The van der Waals surface area contributed by atoms with Crippen molar-refractivity contribution in [3.05, 3.63) is 0 Å². The highest BCUT2D eigenvalue weighted by Crippen LogP contribution is 2.07. The lowest BCUT2D eigenvalue weighted by molar-refractivity contribution is 0.113. The molecule has 4 heteroatoms. The van der Waals surface area contributed by atoms with Crippen LogP contribution in [-0.2, 0) is 9.47 Å². The Morgan fingerprint density at radius 2 is 1.72 bits per heavy atom. The maximum atomic E-state index is 5.30. The normalized spacial score (nSPS) is 11.7. The highest BCUT2D eigenvalue weighted by Gasteiger charge is 2.13. The zero-order valence-corrected chi connectivity index (χ0v) is 12.7. The van der Waals surface area contributed by atoms with Crippen LogP contribution < -0.4 is 5.32 Å². The van der Waals surface area contributed by atoms with Crippen LogP contribution in [-0.4, -0.2) is 64.1 Å². The van der Waals surface area contributed by atoms with Gasteiger partial charge in [-0.1, -0.05) is 13.8 Å². The van der Waals surface area contributed by atoms with Gasteiger partial charge in [0, 0.05) is 45.9 Å². The molecule has 1 N–H and O–H groups in total. The highest BCUT2D eigenvalue weighted by molar-refractivity contribution is 4.70. The molecule has 0 radical (unpaired) electrons. The van der Waals surface area contributed by atoms with E-state index in [9.17, 15) is 0 Å². The van der Waals surface area contributed by atoms with Gasteiger partial charge in [-0.05, 0) is 19.8 Å². The summed E-state index contributed by atoms with van der Waals surface area (Å²) in [5, 5.41) is 3.42.